The van der Waals surface area contributed by atoms with Gasteiger partial charge >= 0.3 is 5.97 Å². The van der Waals surface area contributed by atoms with Gasteiger partial charge < -0.3 is 10.4 Å². The fourth-order valence-corrected chi connectivity index (χ4v) is 5.01. The highest BCUT2D eigenvalue weighted by Gasteiger charge is 2.31. The zero-order valence-electron chi connectivity index (χ0n) is 15.5. The van der Waals surface area contributed by atoms with E-state index in [0.29, 0.717) is 32.1 Å². The van der Waals surface area contributed by atoms with E-state index >= 15 is 0 Å². The predicted octanol–water partition coefficient (Wildman–Crippen LogP) is 2.57. The minimum atomic E-state index is -3.60. The highest BCUT2D eigenvalue weighted by atomic mass is 32.2. The minimum Gasteiger partial charge on any atom is -0.480 e. The molecule has 0 aliphatic rings. The maximum absolute atomic E-state index is 12.6. The normalized spacial score (nSPS) is 12.7. The first-order chi connectivity index (χ1) is 12.3. The number of amides is 1. The topological polar surface area (TPSA) is 101 Å². The number of carboxylic acids is 1. The Morgan fingerprint density at radius 2 is 1.65 bits per heavy atom. The molecule has 1 amide bonds. The molecule has 1 aromatic carbocycles. The second-order valence-corrected chi connectivity index (χ2v) is 8.80. The van der Waals surface area contributed by atoms with Crippen molar-refractivity contribution in [2.75, 3.05) is 5.75 Å². The molecule has 0 bridgehead atoms. The van der Waals surface area contributed by atoms with Gasteiger partial charge in [-0.2, -0.15) is 0 Å². The Bertz CT molecular complexity index is 666. The van der Waals surface area contributed by atoms with Crippen LogP contribution in [0.25, 0.3) is 0 Å². The number of benzene rings is 1. The second-order valence-electron chi connectivity index (χ2n) is 6.47. The molecule has 0 heterocycles. The molecule has 0 spiro atoms. The Kier molecular flexibility index (Phi) is 9.34. The van der Waals surface area contributed by atoms with Crippen LogP contribution in [-0.2, 0) is 25.8 Å². The lowest BCUT2D eigenvalue weighted by Crippen LogP contribution is -2.47. The molecular formula is C19H29NO5S. The summed E-state index contributed by atoms with van der Waals surface area (Å²) in [6.45, 7) is 3.80. The Morgan fingerprint density at radius 3 is 2.15 bits per heavy atom. The van der Waals surface area contributed by atoms with Crippen LogP contribution < -0.4 is 5.32 Å². The summed E-state index contributed by atoms with van der Waals surface area (Å²) in [6, 6.07) is 7.94. The molecule has 0 fully saturated rings. The van der Waals surface area contributed by atoms with Crippen LogP contribution in [0.5, 0.6) is 0 Å². The van der Waals surface area contributed by atoms with Crippen LogP contribution in [0.15, 0.2) is 30.3 Å². The Morgan fingerprint density at radius 1 is 1.08 bits per heavy atom. The predicted molar refractivity (Wildman–Crippen MR) is 102 cm³/mol. The molecule has 0 saturated carbocycles. The summed E-state index contributed by atoms with van der Waals surface area (Å²) in [5.41, 5.74) is 0.966. The maximum Gasteiger partial charge on any atom is 0.327 e. The third kappa shape index (κ3) is 7.56. The zero-order chi connectivity index (χ0) is 19.6. The molecule has 1 atom stereocenters. The van der Waals surface area contributed by atoms with Crippen LogP contribution in [0.1, 0.15) is 51.5 Å². The van der Waals surface area contributed by atoms with E-state index < -0.39 is 38.8 Å². The molecular weight excluding hydrogens is 354 g/mol. The summed E-state index contributed by atoms with van der Waals surface area (Å²) in [7, 11) is -3.60. The van der Waals surface area contributed by atoms with Gasteiger partial charge in [-0.05, 0) is 24.8 Å². The minimum absolute atomic E-state index is 0.112. The molecule has 0 unspecified atom stereocenters. The first-order valence-electron chi connectivity index (χ1n) is 9.07. The van der Waals surface area contributed by atoms with Gasteiger partial charge in [0.2, 0.25) is 5.91 Å². The maximum atomic E-state index is 12.6. The molecule has 0 saturated heterocycles. The van der Waals surface area contributed by atoms with Gasteiger partial charge in [0.15, 0.2) is 9.84 Å². The van der Waals surface area contributed by atoms with E-state index in [1.165, 1.54) is 0 Å². The van der Waals surface area contributed by atoms with Crippen molar-refractivity contribution < 1.29 is 23.1 Å². The van der Waals surface area contributed by atoms with Gasteiger partial charge in [-0.15, -0.1) is 0 Å². The number of aliphatic carboxylic acids is 1. The molecule has 2 N–H and O–H groups in total. The van der Waals surface area contributed by atoms with E-state index in [1.54, 1.807) is 0 Å². The number of carboxylic acid groups (broad SMARTS) is 1. The smallest absolute Gasteiger partial charge is 0.327 e. The summed E-state index contributed by atoms with van der Waals surface area (Å²) >= 11 is 0. The first-order valence-corrected chi connectivity index (χ1v) is 10.8. The van der Waals surface area contributed by atoms with Crippen molar-refractivity contribution in [1.82, 2.24) is 5.32 Å². The lowest BCUT2D eigenvalue weighted by atomic mass is 10.1. The second kappa shape index (κ2) is 11.0. The largest absolute Gasteiger partial charge is 0.480 e. The van der Waals surface area contributed by atoms with Gasteiger partial charge in [0.25, 0.3) is 0 Å². The average Bonchev–Trinajstić information content (AvgIpc) is 2.60. The van der Waals surface area contributed by atoms with Crippen LogP contribution in [0.4, 0.5) is 0 Å². The number of sulfone groups is 1. The summed E-state index contributed by atoms with van der Waals surface area (Å²) in [4.78, 5) is 23.5. The number of nitrogens with one attached hydrogen (secondary N) is 1. The van der Waals surface area contributed by atoms with E-state index in [1.807, 2.05) is 44.2 Å². The molecule has 0 radical (unpaired) electrons. The quantitative estimate of drug-likeness (QED) is 0.578. The number of carbonyl (C=O) groups excluding carboxylic acids is 1. The van der Waals surface area contributed by atoms with Crippen molar-refractivity contribution in [3.63, 3.8) is 0 Å². The Hall–Kier alpha value is -1.89. The summed E-state index contributed by atoms with van der Waals surface area (Å²) < 4.78 is 25.1. The van der Waals surface area contributed by atoms with Crippen molar-refractivity contribution in [2.45, 2.75) is 63.7 Å². The molecule has 26 heavy (non-hydrogen) atoms. The molecule has 0 aliphatic carbocycles. The van der Waals surface area contributed by atoms with Crippen molar-refractivity contribution >= 4 is 21.7 Å². The van der Waals surface area contributed by atoms with Crippen molar-refractivity contribution in [3.05, 3.63) is 35.9 Å². The zero-order valence-corrected chi connectivity index (χ0v) is 16.3. The van der Waals surface area contributed by atoms with Gasteiger partial charge in [0.1, 0.15) is 6.04 Å². The van der Waals surface area contributed by atoms with Crippen LogP contribution >= 0.6 is 0 Å². The molecule has 0 aromatic heterocycles. The summed E-state index contributed by atoms with van der Waals surface area (Å²) in [5, 5.41) is 11.1. The number of hydrogen-bond donors (Lipinski definition) is 2. The highest BCUT2D eigenvalue weighted by molar-refractivity contribution is 7.92. The Labute approximate surface area is 155 Å². The SMILES string of the molecule is CCCC(CCC)S(=O)(=O)C[C@H](NC(=O)CCc1ccccc1)C(=O)O. The van der Waals surface area contributed by atoms with E-state index in [4.69, 9.17) is 0 Å². The fourth-order valence-electron chi connectivity index (χ4n) is 2.86. The van der Waals surface area contributed by atoms with Gasteiger partial charge in [-0.3, -0.25) is 4.79 Å². The number of rotatable bonds is 12. The van der Waals surface area contributed by atoms with Crippen LogP contribution in [0, 0.1) is 0 Å². The number of carbonyl (C=O) groups is 2. The van der Waals surface area contributed by atoms with E-state index in [-0.39, 0.29) is 6.42 Å². The van der Waals surface area contributed by atoms with Crippen molar-refractivity contribution in [1.29, 1.82) is 0 Å². The van der Waals surface area contributed by atoms with E-state index in [2.05, 4.69) is 5.32 Å². The monoisotopic (exact) mass is 383 g/mol. The van der Waals surface area contributed by atoms with Gasteiger partial charge in [-0.25, -0.2) is 13.2 Å². The lowest BCUT2D eigenvalue weighted by molar-refractivity contribution is -0.141. The molecule has 1 aromatic rings. The van der Waals surface area contributed by atoms with Gasteiger partial charge in [0, 0.05) is 6.42 Å². The molecule has 0 aliphatic heterocycles. The third-order valence-electron chi connectivity index (χ3n) is 4.25. The van der Waals surface area contributed by atoms with Gasteiger partial charge in [-0.1, -0.05) is 57.0 Å². The van der Waals surface area contributed by atoms with Crippen molar-refractivity contribution in [2.24, 2.45) is 0 Å². The first kappa shape index (κ1) is 22.2. The van der Waals surface area contributed by atoms with Crippen molar-refractivity contribution in [3.8, 4) is 0 Å². The molecule has 146 valence electrons. The van der Waals surface area contributed by atoms with Crippen LogP contribution in [-0.4, -0.2) is 42.4 Å². The molecule has 6 nitrogen and oxygen atoms in total. The average molecular weight is 384 g/mol. The standard InChI is InChI=1S/C19H29NO5S/c1-3-8-16(9-4-2)26(24,25)14-17(19(22)23)20-18(21)13-12-15-10-6-5-7-11-15/h5-7,10-11,16-17H,3-4,8-9,12-14H2,1-2H3,(H,20,21)(H,22,23)/t17-/m0/s1. The van der Waals surface area contributed by atoms with E-state index in [0.717, 1.165) is 5.56 Å². The third-order valence-corrected chi connectivity index (χ3v) is 6.53. The van der Waals surface area contributed by atoms with Crippen LogP contribution in [0.3, 0.4) is 0 Å². The fraction of sp³-hybridized carbons (Fsp3) is 0.579. The number of hydrogen-bond acceptors (Lipinski definition) is 4. The molecule has 1 rings (SSSR count). The van der Waals surface area contributed by atoms with E-state index in [9.17, 15) is 23.1 Å². The van der Waals surface area contributed by atoms with Crippen LogP contribution in [0.2, 0.25) is 0 Å². The summed E-state index contributed by atoms with van der Waals surface area (Å²) in [5.74, 6) is -2.35. The molecule has 7 heteroatoms. The number of aryl methyl sites for hydroxylation is 1. The highest BCUT2D eigenvalue weighted by Crippen LogP contribution is 2.17. The Balaban J connectivity index is 2.69. The van der Waals surface area contributed by atoms with Gasteiger partial charge in [0.05, 0.1) is 11.0 Å². The lowest BCUT2D eigenvalue weighted by Gasteiger charge is -2.20. The summed E-state index contributed by atoms with van der Waals surface area (Å²) in [6.07, 6.45) is 3.02.